The molecule has 15 heavy (non-hydrogen) atoms. The molecular formula is C12H28N2O. The molecular weight excluding hydrogens is 188 g/mol. The molecule has 0 aromatic carbocycles. The van der Waals surface area contributed by atoms with E-state index in [1.54, 1.807) is 7.11 Å². The molecule has 0 bridgehead atoms. The van der Waals surface area contributed by atoms with Gasteiger partial charge >= 0.3 is 0 Å². The first-order chi connectivity index (χ1) is 7.19. The van der Waals surface area contributed by atoms with Gasteiger partial charge in [0.05, 0.1) is 6.61 Å². The molecule has 92 valence electrons. The van der Waals surface area contributed by atoms with E-state index in [1.807, 2.05) is 0 Å². The number of hydrogen-bond donors (Lipinski definition) is 2. The van der Waals surface area contributed by atoms with Crippen LogP contribution in [0.4, 0.5) is 0 Å². The van der Waals surface area contributed by atoms with Gasteiger partial charge in [-0.1, -0.05) is 33.6 Å². The Bertz CT molecular complexity index is 138. The zero-order valence-corrected chi connectivity index (χ0v) is 10.8. The predicted octanol–water partition coefficient (Wildman–Crippen LogP) is 1.62. The van der Waals surface area contributed by atoms with Gasteiger partial charge in [0.25, 0.3) is 0 Å². The van der Waals surface area contributed by atoms with Gasteiger partial charge in [0.1, 0.15) is 0 Å². The molecule has 0 fully saturated rings. The summed E-state index contributed by atoms with van der Waals surface area (Å²) in [7, 11) is 1.74. The maximum Gasteiger partial charge on any atom is 0.0503 e. The molecule has 3 N–H and O–H groups in total. The van der Waals surface area contributed by atoms with Gasteiger partial charge in [0.15, 0.2) is 0 Å². The minimum absolute atomic E-state index is 0.380. The van der Waals surface area contributed by atoms with E-state index in [0.717, 1.165) is 19.1 Å². The Morgan fingerprint density at radius 3 is 2.27 bits per heavy atom. The minimum atomic E-state index is 0.380. The fourth-order valence-corrected chi connectivity index (χ4v) is 1.79. The van der Waals surface area contributed by atoms with E-state index in [0.29, 0.717) is 18.5 Å². The summed E-state index contributed by atoms with van der Waals surface area (Å²) in [6, 6.07) is 0.380. The highest BCUT2D eigenvalue weighted by atomic mass is 16.5. The van der Waals surface area contributed by atoms with Gasteiger partial charge in [-0.05, 0) is 18.4 Å². The van der Waals surface area contributed by atoms with Crippen LogP contribution in [0.25, 0.3) is 0 Å². The monoisotopic (exact) mass is 216 g/mol. The van der Waals surface area contributed by atoms with Gasteiger partial charge in [-0.2, -0.15) is 0 Å². The molecule has 0 aliphatic heterocycles. The lowest BCUT2D eigenvalue weighted by Gasteiger charge is -2.25. The van der Waals surface area contributed by atoms with E-state index in [-0.39, 0.29) is 0 Å². The van der Waals surface area contributed by atoms with Crippen molar-refractivity contribution in [2.24, 2.45) is 17.6 Å². The van der Waals surface area contributed by atoms with Crippen molar-refractivity contribution < 1.29 is 4.74 Å². The third-order valence-corrected chi connectivity index (χ3v) is 3.19. The second-order valence-electron chi connectivity index (χ2n) is 4.37. The normalized spacial score (nSPS) is 15.6. The number of nitrogens with one attached hydrogen (secondary N) is 1. The largest absolute Gasteiger partial charge is 0.384 e. The van der Waals surface area contributed by atoms with Gasteiger partial charge in [-0.25, -0.2) is 0 Å². The molecule has 0 saturated carbocycles. The van der Waals surface area contributed by atoms with Gasteiger partial charge in [0.2, 0.25) is 0 Å². The Morgan fingerprint density at radius 2 is 1.87 bits per heavy atom. The fourth-order valence-electron chi connectivity index (χ4n) is 1.79. The molecule has 2 unspecified atom stereocenters. The average molecular weight is 216 g/mol. The number of ether oxygens (including phenoxy) is 1. The molecule has 0 radical (unpaired) electrons. The molecule has 0 rings (SSSR count). The van der Waals surface area contributed by atoms with Crippen molar-refractivity contribution in [2.75, 3.05) is 26.8 Å². The van der Waals surface area contributed by atoms with Crippen molar-refractivity contribution in [3.63, 3.8) is 0 Å². The molecule has 0 aliphatic rings. The molecule has 0 saturated heterocycles. The lowest BCUT2D eigenvalue weighted by atomic mass is 9.99. The van der Waals surface area contributed by atoms with Crippen LogP contribution in [-0.2, 0) is 4.74 Å². The smallest absolute Gasteiger partial charge is 0.0503 e. The highest BCUT2D eigenvalue weighted by Gasteiger charge is 2.16. The average Bonchev–Trinajstić information content (AvgIpc) is 2.25. The van der Waals surface area contributed by atoms with Crippen molar-refractivity contribution in [1.29, 1.82) is 0 Å². The van der Waals surface area contributed by atoms with E-state index < -0.39 is 0 Å². The SMILES string of the molecule is CCC(CC)CNC(CN)C(C)COC. The van der Waals surface area contributed by atoms with Crippen LogP contribution >= 0.6 is 0 Å². The van der Waals surface area contributed by atoms with E-state index >= 15 is 0 Å². The third-order valence-electron chi connectivity index (χ3n) is 3.19. The molecule has 3 nitrogen and oxygen atoms in total. The molecule has 0 amide bonds. The number of methoxy groups -OCH3 is 1. The van der Waals surface area contributed by atoms with Crippen LogP contribution in [-0.4, -0.2) is 32.8 Å². The number of hydrogen-bond acceptors (Lipinski definition) is 3. The molecule has 0 aliphatic carbocycles. The minimum Gasteiger partial charge on any atom is -0.384 e. The standard InChI is InChI=1S/C12H28N2O/c1-5-11(6-2)8-14-12(7-13)10(3)9-15-4/h10-12,14H,5-9,13H2,1-4H3. The van der Waals surface area contributed by atoms with Gasteiger partial charge in [0, 0.05) is 19.7 Å². The van der Waals surface area contributed by atoms with Crippen LogP contribution in [0.2, 0.25) is 0 Å². The maximum atomic E-state index is 5.76. The molecule has 0 heterocycles. The summed E-state index contributed by atoms with van der Waals surface area (Å²) in [4.78, 5) is 0. The molecule has 2 atom stereocenters. The maximum absolute atomic E-state index is 5.76. The van der Waals surface area contributed by atoms with E-state index in [9.17, 15) is 0 Å². The Morgan fingerprint density at radius 1 is 1.27 bits per heavy atom. The lowest BCUT2D eigenvalue weighted by molar-refractivity contribution is 0.139. The van der Waals surface area contributed by atoms with Gasteiger partial charge in [-0.15, -0.1) is 0 Å². The zero-order chi connectivity index (χ0) is 11.7. The van der Waals surface area contributed by atoms with Crippen LogP contribution in [0.15, 0.2) is 0 Å². The van der Waals surface area contributed by atoms with Crippen molar-refractivity contribution >= 4 is 0 Å². The van der Waals surface area contributed by atoms with E-state index in [2.05, 4.69) is 26.1 Å². The van der Waals surface area contributed by atoms with Crippen molar-refractivity contribution in [2.45, 2.75) is 39.7 Å². The summed E-state index contributed by atoms with van der Waals surface area (Å²) < 4.78 is 5.15. The van der Waals surface area contributed by atoms with Crippen LogP contribution in [0.5, 0.6) is 0 Å². The summed E-state index contributed by atoms with van der Waals surface area (Å²) >= 11 is 0. The zero-order valence-electron chi connectivity index (χ0n) is 10.8. The van der Waals surface area contributed by atoms with E-state index in [1.165, 1.54) is 12.8 Å². The summed E-state index contributed by atoms with van der Waals surface area (Å²) in [5.41, 5.74) is 5.76. The van der Waals surface area contributed by atoms with Crippen molar-refractivity contribution in [1.82, 2.24) is 5.32 Å². The number of rotatable bonds is 9. The van der Waals surface area contributed by atoms with Crippen LogP contribution in [0, 0.1) is 11.8 Å². The summed E-state index contributed by atoms with van der Waals surface area (Å²) in [5.74, 6) is 1.25. The van der Waals surface area contributed by atoms with Gasteiger partial charge < -0.3 is 15.8 Å². The van der Waals surface area contributed by atoms with E-state index in [4.69, 9.17) is 10.5 Å². The highest BCUT2D eigenvalue weighted by molar-refractivity contribution is 4.75. The van der Waals surface area contributed by atoms with Crippen molar-refractivity contribution in [3.8, 4) is 0 Å². The molecule has 0 spiro atoms. The lowest BCUT2D eigenvalue weighted by Crippen LogP contribution is -2.44. The number of nitrogens with two attached hydrogens (primary N) is 1. The molecule has 0 aromatic rings. The van der Waals surface area contributed by atoms with Crippen LogP contribution in [0.1, 0.15) is 33.6 Å². The highest BCUT2D eigenvalue weighted by Crippen LogP contribution is 2.08. The Labute approximate surface area is 94.8 Å². The Kier molecular flexibility index (Phi) is 9.06. The van der Waals surface area contributed by atoms with Crippen molar-refractivity contribution in [3.05, 3.63) is 0 Å². The molecule has 0 aromatic heterocycles. The van der Waals surface area contributed by atoms with Crippen LogP contribution in [0.3, 0.4) is 0 Å². The topological polar surface area (TPSA) is 47.3 Å². The first-order valence-electron chi connectivity index (χ1n) is 6.11. The summed E-state index contributed by atoms with van der Waals surface area (Å²) in [6.45, 7) is 9.20. The predicted molar refractivity (Wildman–Crippen MR) is 66.0 cm³/mol. The molecule has 3 heteroatoms. The quantitative estimate of drug-likeness (QED) is 0.616. The summed E-state index contributed by atoms with van der Waals surface area (Å²) in [5, 5.41) is 3.55. The van der Waals surface area contributed by atoms with Crippen LogP contribution < -0.4 is 11.1 Å². The first-order valence-corrected chi connectivity index (χ1v) is 6.11. The summed E-state index contributed by atoms with van der Waals surface area (Å²) in [6.07, 6.45) is 2.47. The first kappa shape index (κ1) is 14.9. The Balaban J connectivity index is 3.87. The second-order valence-corrected chi connectivity index (χ2v) is 4.37. The third kappa shape index (κ3) is 6.13. The fraction of sp³-hybridized carbons (Fsp3) is 1.00. The Hall–Kier alpha value is -0.120. The van der Waals surface area contributed by atoms with Gasteiger partial charge in [-0.3, -0.25) is 0 Å². The second kappa shape index (κ2) is 9.13.